The van der Waals surface area contributed by atoms with E-state index in [1.54, 1.807) is 6.92 Å². The molecule has 1 aromatic carbocycles. The van der Waals surface area contributed by atoms with Crippen LogP contribution in [-0.4, -0.2) is 11.5 Å². The van der Waals surface area contributed by atoms with Gasteiger partial charge in [0.15, 0.2) is 0 Å². The zero-order valence-corrected chi connectivity index (χ0v) is 11.6. The molecule has 0 fully saturated rings. The van der Waals surface area contributed by atoms with Gasteiger partial charge in [-0.25, -0.2) is 0 Å². The van der Waals surface area contributed by atoms with Crippen molar-refractivity contribution in [1.29, 1.82) is 0 Å². The molecule has 0 aromatic heterocycles. The summed E-state index contributed by atoms with van der Waals surface area (Å²) in [5.74, 6) is 0.150. The van der Waals surface area contributed by atoms with Crippen molar-refractivity contribution in [1.82, 2.24) is 0 Å². The number of aliphatic imine (C=N–C) groups is 1. The van der Waals surface area contributed by atoms with Crippen LogP contribution in [-0.2, 0) is 17.7 Å². The molecule has 5 heteroatoms. The van der Waals surface area contributed by atoms with Crippen molar-refractivity contribution in [2.45, 2.75) is 20.3 Å². The number of rotatable bonds is 3. The Balaban J connectivity index is 0.000000673. The van der Waals surface area contributed by atoms with Crippen molar-refractivity contribution >= 4 is 37.5 Å². The number of hydrogen-bond acceptors (Lipinski definition) is 2. The summed E-state index contributed by atoms with van der Waals surface area (Å²) >= 11 is 0.382. The molecule has 0 atom stereocenters. The van der Waals surface area contributed by atoms with Gasteiger partial charge in [-0.2, -0.15) is 0 Å². The number of ketones is 1. The molecule has 0 bridgehead atoms. The summed E-state index contributed by atoms with van der Waals surface area (Å²) in [4.78, 5) is 15.1. The quantitative estimate of drug-likeness (QED) is 0.772. The third-order valence-corrected chi connectivity index (χ3v) is 1.58. The summed E-state index contributed by atoms with van der Waals surface area (Å²) < 4.78 is 0. The maximum atomic E-state index is 10.8. The van der Waals surface area contributed by atoms with Gasteiger partial charge in [0.2, 0.25) is 0 Å². The minimum atomic E-state index is 0.150. The molecule has 16 heavy (non-hydrogen) atoms. The van der Waals surface area contributed by atoms with E-state index in [1.807, 2.05) is 37.3 Å². The Hall–Kier alpha value is -0.354. The van der Waals surface area contributed by atoms with Crippen molar-refractivity contribution in [2.75, 3.05) is 0 Å². The van der Waals surface area contributed by atoms with Crippen molar-refractivity contribution < 1.29 is 17.7 Å². The topological polar surface area (TPSA) is 29.4 Å². The van der Waals surface area contributed by atoms with E-state index >= 15 is 0 Å². The third kappa shape index (κ3) is 8.92. The van der Waals surface area contributed by atoms with Gasteiger partial charge in [0.25, 0.3) is 0 Å². The first-order chi connectivity index (χ1) is 7.60. The second kappa shape index (κ2) is 9.84. The monoisotopic (exact) mass is 304 g/mol. The number of carbonyl (C=O) groups is 1. The van der Waals surface area contributed by atoms with Crippen LogP contribution in [0.5, 0.6) is 0 Å². The Bertz CT molecular complexity index is 341. The van der Waals surface area contributed by atoms with Crippen LogP contribution in [0.3, 0.4) is 0 Å². The summed E-state index contributed by atoms with van der Waals surface area (Å²) in [6, 6.07) is 9.65. The average Bonchev–Trinajstić information content (AvgIpc) is 2.18. The van der Waals surface area contributed by atoms with Crippen LogP contribution in [0.25, 0.3) is 0 Å². The van der Waals surface area contributed by atoms with E-state index in [4.69, 9.17) is 20.3 Å². The molecule has 0 radical (unpaired) electrons. The predicted molar refractivity (Wildman–Crippen MR) is 66.2 cm³/mol. The fourth-order valence-electron chi connectivity index (χ4n) is 1.12. The van der Waals surface area contributed by atoms with E-state index in [0.717, 1.165) is 11.4 Å². The summed E-state index contributed by atoms with van der Waals surface area (Å²) in [6.45, 7) is 3.44. The Labute approximate surface area is 111 Å². The number of hydrogen-bond donors (Lipinski definition) is 0. The minimum absolute atomic E-state index is 0.150. The number of Topliss-reactive ketones (excluding diaryl/α,β-unsaturated/α-hetero) is 1. The van der Waals surface area contributed by atoms with E-state index in [0.29, 0.717) is 19.3 Å². The van der Waals surface area contributed by atoms with Crippen LogP contribution in [0.15, 0.2) is 35.3 Å². The summed E-state index contributed by atoms with van der Waals surface area (Å²) in [5.41, 5.74) is 1.76. The van der Waals surface area contributed by atoms with Gasteiger partial charge in [0, 0.05) is 12.1 Å². The number of halogens is 2. The average molecular weight is 305 g/mol. The maximum absolute atomic E-state index is 10.8. The molecule has 0 aliphatic heterocycles. The third-order valence-electron chi connectivity index (χ3n) is 1.58. The molecule has 91 valence electrons. The number of benzene rings is 1. The zero-order chi connectivity index (χ0) is 12.4. The molecule has 0 amide bonds. The van der Waals surface area contributed by atoms with Crippen LogP contribution < -0.4 is 0 Å². The number of nitrogens with zero attached hydrogens (tertiary/aromatic N) is 1. The Kier molecular flexibility index (Phi) is 9.63. The predicted octanol–water partition coefficient (Wildman–Crippen LogP) is 4.13. The van der Waals surface area contributed by atoms with E-state index in [1.165, 1.54) is 0 Å². The fourth-order valence-corrected chi connectivity index (χ4v) is 1.12. The summed E-state index contributed by atoms with van der Waals surface area (Å²) in [7, 11) is 9.47. The standard InChI is InChI=1S/C11H13NO.2ClH.Co/c1-9(8-10(2)13)12-11-6-4-3-5-7-11;;;/h3-7H,8H2,1-2H3;2*1H;/q;;;+2/p-2. The second-order valence-electron chi connectivity index (χ2n) is 3.11. The molecular weight excluding hydrogens is 292 g/mol. The normalized spacial score (nSPS) is 10.6. The Morgan fingerprint density at radius 1 is 1.25 bits per heavy atom. The van der Waals surface area contributed by atoms with Crippen molar-refractivity contribution in [3.05, 3.63) is 30.3 Å². The molecule has 0 aliphatic rings. The first-order valence-electron chi connectivity index (χ1n) is 4.52. The number of carbonyl (C=O) groups excluding carboxylic acids is 1. The van der Waals surface area contributed by atoms with Gasteiger partial charge in [-0.1, -0.05) is 18.2 Å². The molecule has 0 spiro atoms. The Morgan fingerprint density at radius 3 is 2.19 bits per heavy atom. The van der Waals surface area contributed by atoms with Crippen LogP contribution in [0.1, 0.15) is 20.3 Å². The molecular formula is C11H13Cl2CoNO. The van der Waals surface area contributed by atoms with Gasteiger partial charge in [-0.05, 0) is 26.0 Å². The van der Waals surface area contributed by atoms with Gasteiger partial charge in [0.1, 0.15) is 5.78 Å². The fraction of sp³-hybridized carbons (Fsp3) is 0.273. The van der Waals surface area contributed by atoms with Crippen molar-refractivity contribution in [3.63, 3.8) is 0 Å². The SMILES string of the molecule is CC(=O)CC(C)=Nc1ccccc1.[Cl][Co][Cl]. The van der Waals surface area contributed by atoms with Gasteiger partial charge >= 0.3 is 33.2 Å². The van der Waals surface area contributed by atoms with E-state index < -0.39 is 0 Å². The van der Waals surface area contributed by atoms with Crippen molar-refractivity contribution in [2.24, 2.45) is 4.99 Å². The zero-order valence-electron chi connectivity index (χ0n) is 9.04. The van der Waals surface area contributed by atoms with E-state index in [2.05, 4.69) is 4.99 Å². The van der Waals surface area contributed by atoms with Crippen LogP contribution >= 0.6 is 20.3 Å². The first-order valence-corrected chi connectivity index (χ1v) is 7.39. The van der Waals surface area contributed by atoms with Gasteiger partial charge in [-0.15, -0.1) is 0 Å². The molecule has 1 rings (SSSR count). The molecule has 0 unspecified atom stereocenters. The Morgan fingerprint density at radius 2 is 1.75 bits per heavy atom. The summed E-state index contributed by atoms with van der Waals surface area (Å²) in [6.07, 6.45) is 0.439. The first kappa shape index (κ1) is 15.6. The molecule has 0 saturated heterocycles. The second-order valence-corrected chi connectivity index (χ2v) is 4.83. The van der Waals surface area contributed by atoms with Gasteiger partial charge in [0.05, 0.1) is 5.69 Å². The number of para-hydroxylation sites is 1. The van der Waals surface area contributed by atoms with Gasteiger partial charge in [-0.3, -0.25) is 9.79 Å². The van der Waals surface area contributed by atoms with Gasteiger partial charge < -0.3 is 0 Å². The van der Waals surface area contributed by atoms with Crippen LogP contribution in [0, 0.1) is 0 Å². The molecule has 2 nitrogen and oxygen atoms in total. The summed E-state index contributed by atoms with van der Waals surface area (Å²) in [5, 5.41) is 0. The van der Waals surface area contributed by atoms with E-state index in [9.17, 15) is 4.79 Å². The molecule has 1 aromatic rings. The molecule has 0 N–H and O–H groups in total. The van der Waals surface area contributed by atoms with E-state index in [-0.39, 0.29) is 5.78 Å². The van der Waals surface area contributed by atoms with Crippen molar-refractivity contribution in [3.8, 4) is 0 Å². The molecule has 0 aliphatic carbocycles. The molecule has 0 heterocycles. The molecule has 0 saturated carbocycles. The van der Waals surface area contributed by atoms with Crippen LogP contribution in [0.2, 0.25) is 0 Å². The van der Waals surface area contributed by atoms with Crippen LogP contribution in [0.4, 0.5) is 5.69 Å².